The minimum atomic E-state index is -1.26. The number of imidazole rings is 1. The van der Waals surface area contributed by atoms with E-state index in [0.29, 0.717) is 36.3 Å². The normalized spacial score (nSPS) is 15.5. The van der Waals surface area contributed by atoms with E-state index in [4.69, 9.17) is 10.6 Å². The average Bonchev–Trinajstić information content (AvgIpc) is 3.43. The molecule has 1 saturated heterocycles. The third-order valence-electron chi connectivity index (χ3n) is 5.65. The molecule has 11 nitrogen and oxygen atoms in total. The number of carbonyl (C=O) groups excluding carboxylic acids is 2. The maximum absolute atomic E-state index is 12.8. The van der Waals surface area contributed by atoms with E-state index in [1.165, 1.54) is 4.90 Å². The molecule has 11 heteroatoms. The number of nitrogen functional groups attached to an aromatic ring is 1. The van der Waals surface area contributed by atoms with Gasteiger partial charge in [-0.05, 0) is 57.9 Å². The van der Waals surface area contributed by atoms with Crippen molar-refractivity contribution in [2.24, 2.45) is 0 Å². The summed E-state index contributed by atoms with van der Waals surface area (Å²) in [5, 5.41) is 12.6. The van der Waals surface area contributed by atoms with Crippen LogP contribution in [0.5, 0.6) is 0 Å². The van der Waals surface area contributed by atoms with Crippen molar-refractivity contribution in [3.63, 3.8) is 0 Å². The van der Waals surface area contributed by atoms with Crippen molar-refractivity contribution < 1.29 is 24.2 Å². The van der Waals surface area contributed by atoms with Gasteiger partial charge in [-0.1, -0.05) is 18.2 Å². The van der Waals surface area contributed by atoms with Crippen LogP contribution in [0.25, 0.3) is 11.3 Å². The number of nitrogens with one attached hydrogen (secondary N) is 1. The number of aromatic carboxylic acids is 1. The van der Waals surface area contributed by atoms with Gasteiger partial charge in [-0.25, -0.2) is 24.2 Å². The average molecular weight is 493 g/mol. The van der Waals surface area contributed by atoms with Crippen LogP contribution in [0.1, 0.15) is 66.3 Å². The molecule has 1 unspecified atom stereocenters. The Morgan fingerprint density at radius 1 is 1.14 bits per heavy atom. The highest BCUT2D eigenvalue weighted by Gasteiger charge is 2.37. The molecule has 3 heterocycles. The topological polar surface area (TPSA) is 153 Å². The van der Waals surface area contributed by atoms with Gasteiger partial charge in [0.2, 0.25) is 0 Å². The summed E-state index contributed by atoms with van der Waals surface area (Å²) in [6, 6.07) is 11.0. The van der Waals surface area contributed by atoms with Gasteiger partial charge in [0.25, 0.3) is 5.91 Å². The summed E-state index contributed by atoms with van der Waals surface area (Å²) in [5.74, 6) is 5.25. The van der Waals surface area contributed by atoms with Crippen LogP contribution in [0.2, 0.25) is 0 Å². The first-order valence-corrected chi connectivity index (χ1v) is 11.5. The number of ether oxygens (including phenoxy) is 1. The fourth-order valence-corrected chi connectivity index (χ4v) is 4.07. The van der Waals surface area contributed by atoms with Crippen molar-refractivity contribution in [1.82, 2.24) is 19.5 Å². The summed E-state index contributed by atoms with van der Waals surface area (Å²) in [7, 11) is 0. The predicted molar refractivity (Wildman–Crippen MR) is 132 cm³/mol. The quantitative estimate of drug-likeness (QED) is 0.456. The smallest absolute Gasteiger partial charge is 0.410 e. The number of nitrogens with two attached hydrogens (primary N) is 1. The van der Waals surface area contributed by atoms with Crippen LogP contribution in [0.15, 0.2) is 48.7 Å². The molecule has 36 heavy (non-hydrogen) atoms. The van der Waals surface area contributed by atoms with Crippen molar-refractivity contribution in [3.8, 4) is 11.3 Å². The van der Waals surface area contributed by atoms with E-state index in [1.54, 1.807) is 69.4 Å². The molecule has 188 valence electrons. The number of hydrogen-bond donors (Lipinski definition) is 3. The Kier molecular flexibility index (Phi) is 6.65. The fraction of sp³-hybridized carbons (Fsp3) is 0.320. The van der Waals surface area contributed by atoms with E-state index >= 15 is 0 Å². The van der Waals surface area contributed by atoms with Gasteiger partial charge in [0.1, 0.15) is 17.1 Å². The molecule has 1 fully saturated rings. The van der Waals surface area contributed by atoms with Gasteiger partial charge in [-0.3, -0.25) is 9.69 Å². The number of carboxylic acid groups (broad SMARTS) is 1. The second kappa shape index (κ2) is 9.68. The molecule has 1 atom stereocenters. The standard InChI is InChI=1S/C25H28N6O5/c1-25(2,3)36-24(35)30-14-6-7-17(30)21-29-19(20(23(33)34)31(21)26)15-9-11-16(12-10-15)22(32)28-18-8-4-5-13-27-18/h4-5,8-13,17H,6-7,14,26H2,1-3H3,(H,33,34)(H,27,28,32). The van der Waals surface area contributed by atoms with Crippen molar-refractivity contribution in [3.05, 3.63) is 65.7 Å². The molecule has 0 bridgehead atoms. The Balaban J connectivity index is 1.63. The fourth-order valence-electron chi connectivity index (χ4n) is 4.07. The molecule has 0 saturated carbocycles. The van der Waals surface area contributed by atoms with Gasteiger partial charge in [0.15, 0.2) is 11.5 Å². The number of benzene rings is 1. The van der Waals surface area contributed by atoms with Crippen LogP contribution >= 0.6 is 0 Å². The number of hydrogen-bond acceptors (Lipinski definition) is 7. The zero-order valence-electron chi connectivity index (χ0n) is 20.3. The number of nitrogens with zero attached hydrogens (tertiary/aromatic N) is 4. The molecule has 3 aromatic rings. The van der Waals surface area contributed by atoms with Crippen LogP contribution < -0.4 is 11.2 Å². The zero-order valence-corrected chi connectivity index (χ0v) is 20.3. The first kappa shape index (κ1) is 24.7. The van der Waals surface area contributed by atoms with E-state index < -0.39 is 23.7 Å². The van der Waals surface area contributed by atoms with Crippen molar-refractivity contribution in [2.45, 2.75) is 45.3 Å². The van der Waals surface area contributed by atoms with Gasteiger partial charge < -0.3 is 21.0 Å². The molecular formula is C25H28N6O5. The molecule has 1 aromatic carbocycles. The van der Waals surface area contributed by atoms with Crippen molar-refractivity contribution in [1.29, 1.82) is 0 Å². The molecule has 2 amide bonds. The van der Waals surface area contributed by atoms with Crippen LogP contribution in [-0.2, 0) is 4.74 Å². The number of likely N-dealkylation sites (tertiary alicyclic amines) is 1. The van der Waals surface area contributed by atoms with Gasteiger partial charge in [0, 0.05) is 23.9 Å². The van der Waals surface area contributed by atoms with E-state index in [-0.39, 0.29) is 23.1 Å². The Morgan fingerprint density at radius 3 is 2.47 bits per heavy atom. The molecule has 1 aliphatic rings. The van der Waals surface area contributed by atoms with Gasteiger partial charge in [-0.2, -0.15) is 0 Å². The summed E-state index contributed by atoms with van der Waals surface area (Å²) in [5.41, 5.74) is 0.0822. The largest absolute Gasteiger partial charge is 0.476 e. The van der Waals surface area contributed by atoms with E-state index in [9.17, 15) is 19.5 Å². The predicted octanol–water partition coefficient (Wildman–Crippen LogP) is 3.68. The monoisotopic (exact) mass is 492 g/mol. The second-order valence-electron chi connectivity index (χ2n) is 9.42. The Morgan fingerprint density at radius 2 is 1.86 bits per heavy atom. The molecule has 0 radical (unpaired) electrons. The first-order valence-electron chi connectivity index (χ1n) is 11.5. The summed E-state index contributed by atoms with van der Waals surface area (Å²) in [6.07, 6.45) is 2.34. The van der Waals surface area contributed by atoms with Crippen molar-refractivity contribution in [2.75, 3.05) is 17.7 Å². The minimum Gasteiger partial charge on any atom is -0.476 e. The molecule has 0 spiro atoms. The van der Waals surface area contributed by atoms with E-state index in [2.05, 4.69) is 15.3 Å². The van der Waals surface area contributed by atoms with Gasteiger partial charge >= 0.3 is 12.1 Å². The molecule has 1 aliphatic heterocycles. The van der Waals surface area contributed by atoms with Gasteiger partial charge in [-0.15, -0.1) is 0 Å². The number of carbonyl (C=O) groups is 3. The third-order valence-corrected chi connectivity index (χ3v) is 5.65. The highest BCUT2D eigenvalue weighted by Crippen LogP contribution is 2.35. The Labute approximate surface area is 207 Å². The lowest BCUT2D eigenvalue weighted by Gasteiger charge is -2.28. The summed E-state index contributed by atoms with van der Waals surface area (Å²) < 4.78 is 6.53. The highest BCUT2D eigenvalue weighted by molar-refractivity contribution is 6.04. The minimum absolute atomic E-state index is 0.146. The molecule has 4 N–H and O–H groups in total. The van der Waals surface area contributed by atoms with Crippen LogP contribution in [0.3, 0.4) is 0 Å². The lowest BCUT2D eigenvalue weighted by atomic mass is 10.1. The van der Waals surface area contributed by atoms with E-state index in [1.807, 2.05) is 0 Å². The maximum atomic E-state index is 12.8. The number of anilines is 1. The molecule has 0 aliphatic carbocycles. The SMILES string of the molecule is CC(C)(C)OC(=O)N1CCCC1c1nc(-c2ccc(C(=O)Nc3ccccn3)cc2)c(C(=O)O)n1N. The second-order valence-corrected chi connectivity index (χ2v) is 9.42. The molecule has 4 rings (SSSR count). The maximum Gasteiger partial charge on any atom is 0.410 e. The summed E-state index contributed by atoms with van der Waals surface area (Å²) >= 11 is 0. The van der Waals surface area contributed by atoms with Crippen LogP contribution in [0, 0.1) is 0 Å². The van der Waals surface area contributed by atoms with Gasteiger partial charge in [0.05, 0.1) is 6.04 Å². The lowest BCUT2D eigenvalue weighted by Crippen LogP contribution is -2.37. The summed E-state index contributed by atoms with van der Waals surface area (Å²) in [4.78, 5) is 47.5. The number of amides is 2. The Hall–Kier alpha value is -4.41. The summed E-state index contributed by atoms with van der Waals surface area (Å²) in [6.45, 7) is 5.78. The zero-order chi connectivity index (χ0) is 26.0. The van der Waals surface area contributed by atoms with E-state index in [0.717, 1.165) is 4.68 Å². The van der Waals surface area contributed by atoms with Crippen molar-refractivity contribution >= 4 is 23.8 Å². The molecule has 2 aromatic heterocycles. The van der Waals surface area contributed by atoms with Crippen LogP contribution in [0.4, 0.5) is 10.6 Å². The third kappa shape index (κ3) is 5.14. The Bertz CT molecular complexity index is 1280. The number of aromatic nitrogens is 3. The highest BCUT2D eigenvalue weighted by atomic mass is 16.6. The number of rotatable bonds is 5. The lowest BCUT2D eigenvalue weighted by molar-refractivity contribution is 0.0217. The number of carboxylic acids is 1. The number of pyridine rings is 1. The van der Waals surface area contributed by atoms with Crippen LogP contribution in [-0.4, -0.2) is 54.8 Å². The first-order chi connectivity index (χ1) is 17.0. The molecular weight excluding hydrogens is 464 g/mol.